The highest BCUT2D eigenvalue weighted by atomic mass is 16.6. The molecule has 0 aliphatic carbocycles. The minimum Gasteiger partial charge on any atom is -0.508 e. The number of aliphatic hydroxyl groups is 1. The second-order valence-electron chi connectivity index (χ2n) is 8.27. The summed E-state index contributed by atoms with van der Waals surface area (Å²) < 4.78 is 5.17. The van der Waals surface area contributed by atoms with Crippen molar-refractivity contribution in [1.82, 2.24) is 15.5 Å². The van der Waals surface area contributed by atoms with Gasteiger partial charge >= 0.3 is 6.09 Å². The van der Waals surface area contributed by atoms with Gasteiger partial charge in [-0.05, 0) is 33.3 Å². The van der Waals surface area contributed by atoms with Gasteiger partial charge in [0.05, 0.1) is 6.61 Å². The minimum absolute atomic E-state index is 0.0640. The second kappa shape index (κ2) is 12.7. The van der Waals surface area contributed by atoms with Crippen LogP contribution in [0, 0.1) is 0 Å². The fourth-order valence-corrected chi connectivity index (χ4v) is 2.95. The normalized spacial score (nSPS) is 12.9. The molecule has 0 aliphatic rings. The largest absolute Gasteiger partial charge is 0.508 e. The number of hydrogen-bond donors (Lipinski definition) is 4. The highest BCUT2D eigenvalue weighted by molar-refractivity contribution is 5.92. The maximum Gasteiger partial charge on any atom is 0.408 e. The molecule has 1 aromatic rings. The molecule has 178 valence electrons. The Morgan fingerprint density at radius 3 is 2.44 bits per heavy atom. The van der Waals surface area contributed by atoms with Crippen molar-refractivity contribution in [3.05, 3.63) is 42.5 Å². The first-order valence-electron chi connectivity index (χ1n) is 10.6. The van der Waals surface area contributed by atoms with E-state index < -0.39 is 42.2 Å². The number of para-hydroxylation sites is 1. The zero-order valence-corrected chi connectivity index (χ0v) is 19.3. The zero-order chi connectivity index (χ0) is 24.3. The molecule has 0 radical (unpaired) electrons. The van der Waals surface area contributed by atoms with Crippen LogP contribution in [0.5, 0.6) is 5.75 Å². The van der Waals surface area contributed by atoms with Crippen LogP contribution in [-0.2, 0) is 14.3 Å². The molecule has 0 saturated heterocycles. The van der Waals surface area contributed by atoms with E-state index >= 15 is 0 Å². The van der Waals surface area contributed by atoms with Gasteiger partial charge in [0.15, 0.2) is 0 Å². The number of nitrogens with zero attached hydrogens (tertiary/aromatic N) is 1. The Hall–Kier alpha value is -3.07. The van der Waals surface area contributed by atoms with Crippen molar-refractivity contribution in [2.75, 3.05) is 19.7 Å². The van der Waals surface area contributed by atoms with Crippen molar-refractivity contribution in [3.8, 4) is 5.75 Å². The highest BCUT2D eigenvalue weighted by Gasteiger charge is 2.36. The number of hydrogen-bond acceptors (Lipinski definition) is 6. The van der Waals surface area contributed by atoms with Crippen molar-refractivity contribution in [3.63, 3.8) is 0 Å². The standard InChI is InChI=1S/C23H35N3O6/c1-6-8-13-24-20(29)19(16-11-9-10-12-18(16)28)26(14-7-2)21(30)17(15-27)25-22(31)32-23(3,4)5/h7,9-12,17,19,27-28H,2,6,8,13-15H2,1,3-5H3,(H,24,29)(H,25,31). The topological polar surface area (TPSA) is 128 Å². The number of carbonyl (C=O) groups is 3. The Balaban J connectivity index is 3.29. The monoisotopic (exact) mass is 449 g/mol. The molecular formula is C23H35N3O6. The van der Waals surface area contributed by atoms with Crippen LogP contribution in [0.1, 0.15) is 52.1 Å². The molecule has 0 spiro atoms. The summed E-state index contributed by atoms with van der Waals surface area (Å²) in [6.07, 6.45) is 2.15. The summed E-state index contributed by atoms with van der Waals surface area (Å²) in [5.41, 5.74) is -0.587. The molecule has 0 aliphatic heterocycles. The highest BCUT2D eigenvalue weighted by Crippen LogP contribution is 2.29. The minimum atomic E-state index is -1.36. The van der Waals surface area contributed by atoms with Crippen molar-refractivity contribution in [2.45, 2.75) is 58.2 Å². The Morgan fingerprint density at radius 2 is 1.91 bits per heavy atom. The summed E-state index contributed by atoms with van der Waals surface area (Å²) in [4.78, 5) is 39.7. The van der Waals surface area contributed by atoms with E-state index in [4.69, 9.17) is 4.74 Å². The van der Waals surface area contributed by atoms with E-state index in [0.717, 1.165) is 17.7 Å². The molecule has 1 rings (SSSR count). The smallest absolute Gasteiger partial charge is 0.408 e. The third-order valence-corrected chi connectivity index (χ3v) is 4.40. The third kappa shape index (κ3) is 8.22. The zero-order valence-electron chi connectivity index (χ0n) is 19.3. The molecular weight excluding hydrogens is 414 g/mol. The summed E-state index contributed by atoms with van der Waals surface area (Å²) in [6.45, 7) is 10.3. The summed E-state index contributed by atoms with van der Waals surface area (Å²) in [7, 11) is 0. The molecule has 0 aromatic heterocycles. The van der Waals surface area contributed by atoms with Gasteiger partial charge < -0.3 is 30.5 Å². The molecule has 0 saturated carbocycles. The van der Waals surface area contributed by atoms with E-state index in [1.54, 1.807) is 32.9 Å². The fraction of sp³-hybridized carbons (Fsp3) is 0.522. The van der Waals surface area contributed by atoms with Crippen molar-refractivity contribution in [1.29, 1.82) is 0 Å². The van der Waals surface area contributed by atoms with Crippen LogP contribution in [0.3, 0.4) is 0 Å². The van der Waals surface area contributed by atoms with Gasteiger partial charge in [-0.25, -0.2) is 4.79 Å². The number of carbonyl (C=O) groups excluding carboxylic acids is 3. The second-order valence-corrected chi connectivity index (χ2v) is 8.27. The van der Waals surface area contributed by atoms with Crippen LogP contribution in [0.15, 0.2) is 36.9 Å². The van der Waals surface area contributed by atoms with E-state index in [1.807, 2.05) is 6.92 Å². The van der Waals surface area contributed by atoms with Gasteiger partial charge in [0, 0.05) is 18.7 Å². The van der Waals surface area contributed by atoms with Crippen LogP contribution in [0.25, 0.3) is 0 Å². The number of aliphatic hydroxyl groups excluding tert-OH is 1. The van der Waals surface area contributed by atoms with Crippen molar-refractivity contribution >= 4 is 17.9 Å². The quantitative estimate of drug-likeness (QED) is 0.303. The SMILES string of the molecule is C=CCN(C(=O)C(CO)NC(=O)OC(C)(C)C)C(C(=O)NCCCC)c1ccccc1O. The number of unbranched alkanes of at least 4 members (excludes halogenated alkanes) is 1. The number of phenols is 1. The maximum atomic E-state index is 13.3. The average Bonchev–Trinajstić information content (AvgIpc) is 2.71. The van der Waals surface area contributed by atoms with Gasteiger partial charge in [0.1, 0.15) is 23.4 Å². The van der Waals surface area contributed by atoms with Crippen LogP contribution >= 0.6 is 0 Å². The van der Waals surface area contributed by atoms with Gasteiger partial charge in [-0.3, -0.25) is 9.59 Å². The lowest BCUT2D eigenvalue weighted by atomic mass is 10.0. The Labute approximate surface area is 189 Å². The lowest BCUT2D eigenvalue weighted by Crippen LogP contribution is -2.54. The average molecular weight is 450 g/mol. The molecule has 9 nitrogen and oxygen atoms in total. The number of amides is 3. The lowest BCUT2D eigenvalue weighted by molar-refractivity contribution is -0.142. The van der Waals surface area contributed by atoms with Gasteiger partial charge in [-0.1, -0.05) is 37.6 Å². The van der Waals surface area contributed by atoms with Gasteiger partial charge in [0.2, 0.25) is 11.8 Å². The maximum absolute atomic E-state index is 13.3. The van der Waals surface area contributed by atoms with Gasteiger partial charge in [0.25, 0.3) is 0 Å². The molecule has 9 heteroatoms. The molecule has 0 bridgehead atoms. The number of ether oxygens (including phenoxy) is 1. The molecule has 2 unspecified atom stereocenters. The summed E-state index contributed by atoms with van der Waals surface area (Å²) in [5, 5.41) is 25.3. The Kier molecular flexibility index (Phi) is 10.7. The van der Waals surface area contributed by atoms with E-state index in [0.29, 0.717) is 6.54 Å². The number of nitrogens with one attached hydrogen (secondary N) is 2. The predicted molar refractivity (Wildman–Crippen MR) is 121 cm³/mol. The molecule has 0 fully saturated rings. The number of phenolic OH excluding ortho intramolecular Hbond substituents is 1. The summed E-state index contributed by atoms with van der Waals surface area (Å²) in [6, 6.07) is 3.64. The van der Waals surface area contributed by atoms with E-state index in [-0.39, 0.29) is 17.9 Å². The van der Waals surface area contributed by atoms with Crippen molar-refractivity contribution in [2.24, 2.45) is 0 Å². The van der Waals surface area contributed by atoms with Gasteiger partial charge in [-0.2, -0.15) is 0 Å². The van der Waals surface area contributed by atoms with Crippen LogP contribution in [-0.4, -0.2) is 64.4 Å². The van der Waals surface area contributed by atoms with Crippen LogP contribution < -0.4 is 10.6 Å². The van der Waals surface area contributed by atoms with Crippen LogP contribution in [0.2, 0.25) is 0 Å². The van der Waals surface area contributed by atoms with Gasteiger partial charge in [-0.15, -0.1) is 6.58 Å². The molecule has 0 heterocycles. The number of alkyl carbamates (subject to hydrolysis) is 1. The lowest BCUT2D eigenvalue weighted by Gasteiger charge is -2.33. The number of aromatic hydroxyl groups is 1. The summed E-state index contributed by atoms with van der Waals surface area (Å²) >= 11 is 0. The number of benzene rings is 1. The van der Waals surface area contributed by atoms with E-state index in [1.165, 1.54) is 18.2 Å². The number of rotatable bonds is 11. The van der Waals surface area contributed by atoms with E-state index in [9.17, 15) is 24.6 Å². The predicted octanol–water partition coefficient (Wildman–Crippen LogP) is 2.25. The molecule has 3 amide bonds. The van der Waals surface area contributed by atoms with Crippen molar-refractivity contribution < 1.29 is 29.3 Å². The molecule has 4 N–H and O–H groups in total. The summed E-state index contributed by atoms with van der Waals surface area (Å²) in [5.74, 6) is -1.38. The Morgan fingerprint density at radius 1 is 1.25 bits per heavy atom. The van der Waals surface area contributed by atoms with Crippen LogP contribution in [0.4, 0.5) is 4.79 Å². The first-order chi connectivity index (χ1) is 15.1. The molecule has 32 heavy (non-hydrogen) atoms. The first-order valence-corrected chi connectivity index (χ1v) is 10.6. The fourth-order valence-electron chi connectivity index (χ4n) is 2.95. The molecule has 1 aromatic carbocycles. The first kappa shape index (κ1) is 27.0. The molecule has 2 atom stereocenters. The van der Waals surface area contributed by atoms with E-state index in [2.05, 4.69) is 17.2 Å². The third-order valence-electron chi connectivity index (χ3n) is 4.40. The Bertz CT molecular complexity index is 790.